The second-order valence-electron chi connectivity index (χ2n) is 7.18. The molecule has 0 aromatic heterocycles. The molecule has 3 atom stereocenters. The maximum atomic E-state index is 11.8. The van der Waals surface area contributed by atoms with E-state index in [0.29, 0.717) is 12.0 Å². The van der Waals surface area contributed by atoms with Crippen LogP contribution in [0.1, 0.15) is 53.4 Å². The van der Waals surface area contributed by atoms with Crippen LogP contribution in [0.4, 0.5) is 4.79 Å². The molecule has 1 saturated carbocycles. The van der Waals surface area contributed by atoms with Crippen LogP contribution in [0.15, 0.2) is 0 Å². The number of hydrogen-bond acceptors (Lipinski definition) is 4. The van der Waals surface area contributed by atoms with E-state index in [1.165, 1.54) is 12.2 Å². The first-order valence-corrected chi connectivity index (χ1v) is 9.41. The molecule has 0 bridgehead atoms. The lowest BCUT2D eigenvalue weighted by molar-refractivity contribution is 0.0488. The Morgan fingerprint density at radius 1 is 1.33 bits per heavy atom. The molecule has 1 aliphatic rings. The summed E-state index contributed by atoms with van der Waals surface area (Å²) < 4.78 is 5.33. The van der Waals surface area contributed by atoms with Gasteiger partial charge in [0.05, 0.1) is 0 Å². The number of thioether (sulfide) groups is 1. The molecule has 0 aliphatic heterocycles. The predicted octanol–water partition coefficient (Wildman–Crippen LogP) is 3.41. The molecule has 1 fully saturated rings. The maximum absolute atomic E-state index is 11.8. The second kappa shape index (κ2) is 8.89. The highest BCUT2D eigenvalue weighted by Gasteiger charge is 2.25. The van der Waals surface area contributed by atoms with E-state index in [9.17, 15) is 4.79 Å². The van der Waals surface area contributed by atoms with Crippen LogP contribution in [0.2, 0.25) is 0 Å². The molecule has 0 heterocycles. The smallest absolute Gasteiger partial charge is 0.407 e. The van der Waals surface area contributed by atoms with Gasteiger partial charge in [-0.05, 0) is 70.9 Å². The Kier molecular flexibility index (Phi) is 7.88. The largest absolute Gasteiger partial charge is 0.444 e. The first-order chi connectivity index (χ1) is 9.80. The van der Waals surface area contributed by atoms with E-state index < -0.39 is 5.60 Å². The van der Waals surface area contributed by atoms with Gasteiger partial charge in [-0.15, -0.1) is 0 Å². The van der Waals surface area contributed by atoms with Gasteiger partial charge in [0.1, 0.15) is 5.60 Å². The zero-order chi connectivity index (χ0) is 15.9. The number of carbonyl (C=O) groups is 1. The van der Waals surface area contributed by atoms with Gasteiger partial charge in [0.25, 0.3) is 0 Å². The fourth-order valence-electron chi connectivity index (χ4n) is 2.69. The Bertz CT molecular complexity index is 318. The Labute approximate surface area is 134 Å². The number of amides is 1. The minimum atomic E-state index is -0.427. The molecule has 21 heavy (non-hydrogen) atoms. The molecule has 2 N–H and O–H groups in total. The monoisotopic (exact) mass is 316 g/mol. The van der Waals surface area contributed by atoms with Crippen molar-refractivity contribution in [1.29, 1.82) is 0 Å². The predicted molar refractivity (Wildman–Crippen MR) is 91.0 cm³/mol. The summed E-state index contributed by atoms with van der Waals surface area (Å²) in [5.41, 5.74) is -0.427. The van der Waals surface area contributed by atoms with Crippen LogP contribution in [-0.4, -0.2) is 42.3 Å². The van der Waals surface area contributed by atoms with Gasteiger partial charge in [0, 0.05) is 12.1 Å². The number of carbonyl (C=O) groups excluding carboxylic acids is 1. The van der Waals surface area contributed by atoms with Crippen molar-refractivity contribution in [1.82, 2.24) is 10.6 Å². The van der Waals surface area contributed by atoms with Gasteiger partial charge in [-0.1, -0.05) is 6.92 Å². The fourth-order valence-corrected chi connectivity index (χ4v) is 3.38. The first-order valence-electron chi connectivity index (χ1n) is 8.02. The minimum absolute atomic E-state index is 0.238. The highest BCUT2D eigenvalue weighted by atomic mass is 32.2. The van der Waals surface area contributed by atoms with E-state index in [-0.39, 0.29) is 12.1 Å². The van der Waals surface area contributed by atoms with Crippen LogP contribution in [-0.2, 0) is 4.74 Å². The molecule has 0 radical (unpaired) electrons. The van der Waals surface area contributed by atoms with Gasteiger partial charge < -0.3 is 15.4 Å². The molecule has 124 valence electrons. The van der Waals surface area contributed by atoms with E-state index >= 15 is 0 Å². The zero-order valence-electron chi connectivity index (χ0n) is 14.2. The Hall–Kier alpha value is -0.420. The summed E-state index contributed by atoms with van der Waals surface area (Å²) in [6.07, 6.45) is 6.29. The highest BCUT2D eigenvalue weighted by molar-refractivity contribution is 7.98. The van der Waals surface area contributed by atoms with E-state index in [1.54, 1.807) is 0 Å². The van der Waals surface area contributed by atoms with Crippen LogP contribution < -0.4 is 10.6 Å². The molecule has 1 aliphatic carbocycles. The Morgan fingerprint density at radius 3 is 2.62 bits per heavy atom. The lowest BCUT2D eigenvalue weighted by atomic mass is 9.91. The summed E-state index contributed by atoms with van der Waals surface area (Å²) >= 11 is 1.90. The minimum Gasteiger partial charge on any atom is -0.444 e. The number of rotatable bonds is 6. The molecule has 0 spiro atoms. The maximum Gasteiger partial charge on any atom is 0.407 e. The summed E-state index contributed by atoms with van der Waals surface area (Å²) in [7, 11) is 0. The van der Waals surface area contributed by atoms with Crippen LogP contribution in [0, 0.1) is 5.92 Å². The van der Waals surface area contributed by atoms with Gasteiger partial charge >= 0.3 is 6.09 Å². The lowest BCUT2D eigenvalue weighted by Crippen LogP contribution is -2.46. The molecular formula is C16H32N2O2S. The van der Waals surface area contributed by atoms with Gasteiger partial charge in [-0.25, -0.2) is 4.79 Å². The summed E-state index contributed by atoms with van der Waals surface area (Å²) in [6.45, 7) is 9.02. The third-order valence-electron chi connectivity index (χ3n) is 3.60. The molecule has 0 aromatic rings. The molecule has 1 amide bonds. The lowest BCUT2D eigenvalue weighted by Gasteiger charge is -2.31. The molecular weight excluding hydrogens is 284 g/mol. The summed E-state index contributed by atoms with van der Waals surface area (Å²) in [5, 5.41) is 6.67. The van der Waals surface area contributed by atoms with Crippen LogP contribution in [0.25, 0.3) is 0 Å². The van der Waals surface area contributed by atoms with Gasteiger partial charge in [0.2, 0.25) is 0 Å². The number of hydrogen-bond donors (Lipinski definition) is 2. The van der Waals surface area contributed by atoms with Crippen molar-refractivity contribution in [3.63, 3.8) is 0 Å². The topological polar surface area (TPSA) is 50.4 Å². The van der Waals surface area contributed by atoms with Crippen LogP contribution in [0.3, 0.4) is 0 Å². The third kappa shape index (κ3) is 8.57. The third-order valence-corrected chi connectivity index (χ3v) is 4.50. The van der Waals surface area contributed by atoms with Gasteiger partial charge in [-0.3, -0.25) is 0 Å². The van der Waals surface area contributed by atoms with Crippen molar-refractivity contribution in [3.8, 4) is 0 Å². The van der Waals surface area contributed by atoms with Gasteiger partial charge in [-0.2, -0.15) is 11.8 Å². The zero-order valence-corrected chi connectivity index (χ0v) is 15.0. The van der Waals surface area contributed by atoms with Crippen molar-refractivity contribution in [3.05, 3.63) is 0 Å². The van der Waals surface area contributed by atoms with E-state index in [4.69, 9.17) is 4.74 Å². The normalized spacial score (nSPS) is 24.4. The van der Waals surface area contributed by atoms with E-state index in [2.05, 4.69) is 23.8 Å². The summed E-state index contributed by atoms with van der Waals surface area (Å²) in [5.74, 6) is 1.89. The molecule has 1 rings (SSSR count). The second-order valence-corrected chi connectivity index (χ2v) is 8.09. The quantitative estimate of drug-likeness (QED) is 0.788. The van der Waals surface area contributed by atoms with Crippen molar-refractivity contribution in [2.24, 2.45) is 5.92 Å². The van der Waals surface area contributed by atoms with E-state index in [1.807, 2.05) is 32.5 Å². The summed E-state index contributed by atoms with van der Waals surface area (Å²) in [4.78, 5) is 11.8. The SMILES string of the molecule is CSCC(C)CNC1CCCC(NC(=O)OC(C)(C)C)C1. The van der Waals surface area contributed by atoms with Crippen molar-refractivity contribution in [2.75, 3.05) is 18.6 Å². The van der Waals surface area contributed by atoms with Crippen molar-refractivity contribution in [2.45, 2.75) is 71.1 Å². The molecule has 0 saturated heterocycles. The molecule has 0 aromatic carbocycles. The average molecular weight is 317 g/mol. The average Bonchev–Trinajstić information content (AvgIpc) is 2.35. The standard InChI is InChI=1S/C16H32N2O2S/c1-12(11-21-5)10-17-13-7-6-8-14(9-13)18-15(19)20-16(2,3)4/h12-14,17H,6-11H2,1-5H3,(H,18,19). The number of ether oxygens (including phenoxy) is 1. The number of alkyl carbamates (subject to hydrolysis) is 1. The van der Waals surface area contributed by atoms with Crippen LogP contribution in [0.5, 0.6) is 0 Å². The first kappa shape index (κ1) is 18.6. The Morgan fingerprint density at radius 2 is 2.00 bits per heavy atom. The highest BCUT2D eigenvalue weighted by Crippen LogP contribution is 2.19. The van der Waals surface area contributed by atoms with Crippen LogP contribution >= 0.6 is 11.8 Å². The molecule has 4 nitrogen and oxygen atoms in total. The van der Waals surface area contributed by atoms with Crippen molar-refractivity contribution >= 4 is 17.9 Å². The molecule has 5 heteroatoms. The van der Waals surface area contributed by atoms with Crippen molar-refractivity contribution < 1.29 is 9.53 Å². The fraction of sp³-hybridized carbons (Fsp3) is 0.938. The number of nitrogens with one attached hydrogen (secondary N) is 2. The molecule has 3 unspecified atom stereocenters. The Balaban J connectivity index is 2.30. The summed E-state index contributed by atoms with van der Waals surface area (Å²) in [6, 6.07) is 0.755. The van der Waals surface area contributed by atoms with Gasteiger partial charge in [0.15, 0.2) is 0 Å². The van der Waals surface area contributed by atoms with E-state index in [0.717, 1.165) is 25.8 Å².